The topological polar surface area (TPSA) is 60.0 Å². The molecule has 0 saturated carbocycles. The normalized spacial score (nSPS) is 29.8. The molecule has 5 unspecified atom stereocenters. The fourth-order valence-corrected chi connectivity index (χ4v) is 6.24. The molecule has 0 radical (unpaired) electrons. The number of rotatable bonds is 7. The van der Waals surface area contributed by atoms with E-state index in [-0.39, 0.29) is 11.9 Å². The number of methoxy groups -OCH3 is 2. The van der Waals surface area contributed by atoms with Crippen LogP contribution >= 0.6 is 0 Å². The van der Waals surface area contributed by atoms with E-state index in [2.05, 4.69) is 43.1 Å². The lowest BCUT2D eigenvalue weighted by molar-refractivity contribution is -0.154. The Balaban J connectivity index is 1.51. The highest BCUT2D eigenvalue weighted by molar-refractivity contribution is 5.73. The summed E-state index contributed by atoms with van der Waals surface area (Å²) in [5.74, 6) is 3.55. The third kappa shape index (κ3) is 5.32. The number of carbonyl (C=O) groups excluding carboxylic acids is 1. The second kappa shape index (κ2) is 10.6. The molecule has 4 rings (SSSR count). The van der Waals surface area contributed by atoms with E-state index in [1.807, 2.05) is 0 Å². The zero-order valence-corrected chi connectivity index (χ0v) is 21.1. The molecular formula is C27H42N2O4. The minimum absolute atomic E-state index is 0.00479. The van der Waals surface area contributed by atoms with Crippen LogP contribution in [0.2, 0.25) is 0 Å². The first-order chi connectivity index (χ1) is 15.9. The lowest BCUT2D eigenvalue weighted by Gasteiger charge is -2.47. The molecule has 2 saturated heterocycles. The largest absolute Gasteiger partial charge is 0.493 e. The Hall–Kier alpha value is -1.79. The predicted molar refractivity (Wildman–Crippen MR) is 130 cm³/mol. The first-order valence-electron chi connectivity index (χ1n) is 12.8. The third-order valence-electron chi connectivity index (χ3n) is 8.08. The van der Waals surface area contributed by atoms with Gasteiger partial charge in [0.15, 0.2) is 11.5 Å². The average molecular weight is 459 g/mol. The van der Waals surface area contributed by atoms with E-state index in [4.69, 9.17) is 14.2 Å². The number of piperidine rings is 2. The van der Waals surface area contributed by atoms with Crippen molar-refractivity contribution in [2.75, 3.05) is 47.0 Å². The molecule has 1 aromatic rings. The summed E-state index contributed by atoms with van der Waals surface area (Å²) in [7, 11) is 3.40. The molecule has 0 spiro atoms. The number of fused-ring (bicyclic) bond motifs is 3. The van der Waals surface area contributed by atoms with Crippen LogP contribution in [-0.4, -0.2) is 57.9 Å². The molecule has 184 valence electrons. The van der Waals surface area contributed by atoms with Crippen LogP contribution in [0.5, 0.6) is 11.5 Å². The summed E-state index contributed by atoms with van der Waals surface area (Å²) in [5.41, 5.74) is 2.71. The molecule has 1 aromatic carbocycles. The van der Waals surface area contributed by atoms with Crippen LogP contribution in [0.4, 0.5) is 0 Å². The quantitative estimate of drug-likeness (QED) is 0.622. The Labute approximate surface area is 199 Å². The molecule has 0 bridgehead atoms. The molecule has 33 heavy (non-hydrogen) atoms. The van der Waals surface area contributed by atoms with E-state index >= 15 is 0 Å². The van der Waals surface area contributed by atoms with E-state index < -0.39 is 0 Å². The van der Waals surface area contributed by atoms with Crippen LogP contribution in [0, 0.1) is 29.6 Å². The Bertz CT molecular complexity index is 827. The smallest absolute Gasteiger partial charge is 0.309 e. The van der Waals surface area contributed by atoms with E-state index in [0.717, 1.165) is 56.9 Å². The summed E-state index contributed by atoms with van der Waals surface area (Å²) < 4.78 is 17.2. The van der Waals surface area contributed by atoms with Gasteiger partial charge in [0.1, 0.15) is 0 Å². The van der Waals surface area contributed by atoms with Gasteiger partial charge in [-0.15, -0.1) is 0 Å². The standard InChI is InChI=1S/C27H42N2O4/c1-17(2)10-20-15-29-9-7-19-12-25(31-4)26(32-5)13-23(19)24(29)11-21(20)16-33-27(30)22-6-8-28-14-18(22)3/h12-13,17-18,20-22,24,28H,6-11,14-16H2,1-5H3. The van der Waals surface area contributed by atoms with Crippen molar-refractivity contribution < 1.29 is 19.0 Å². The molecule has 5 atom stereocenters. The van der Waals surface area contributed by atoms with E-state index in [1.165, 1.54) is 17.5 Å². The van der Waals surface area contributed by atoms with Gasteiger partial charge in [0.05, 0.1) is 26.7 Å². The third-order valence-corrected chi connectivity index (χ3v) is 8.08. The van der Waals surface area contributed by atoms with Crippen molar-refractivity contribution in [3.63, 3.8) is 0 Å². The first kappa shape index (κ1) is 24.3. The molecule has 3 aliphatic rings. The van der Waals surface area contributed by atoms with Gasteiger partial charge in [0, 0.05) is 19.1 Å². The van der Waals surface area contributed by atoms with Crippen molar-refractivity contribution in [1.29, 1.82) is 0 Å². The first-order valence-corrected chi connectivity index (χ1v) is 12.8. The van der Waals surface area contributed by atoms with Crippen LogP contribution in [0.25, 0.3) is 0 Å². The van der Waals surface area contributed by atoms with Crippen molar-refractivity contribution in [1.82, 2.24) is 10.2 Å². The number of esters is 1. The highest BCUT2D eigenvalue weighted by atomic mass is 16.5. The average Bonchev–Trinajstić information content (AvgIpc) is 2.81. The fraction of sp³-hybridized carbons (Fsp3) is 0.741. The maximum absolute atomic E-state index is 12.9. The summed E-state index contributed by atoms with van der Waals surface area (Å²) in [5, 5.41) is 3.38. The van der Waals surface area contributed by atoms with Gasteiger partial charge >= 0.3 is 5.97 Å². The lowest BCUT2D eigenvalue weighted by atomic mass is 9.74. The Kier molecular flexibility index (Phi) is 7.85. The molecule has 1 N–H and O–H groups in total. The van der Waals surface area contributed by atoms with E-state index in [1.54, 1.807) is 14.2 Å². The van der Waals surface area contributed by atoms with Crippen LogP contribution < -0.4 is 14.8 Å². The summed E-state index contributed by atoms with van der Waals surface area (Å²) >= 11 is 0. The van der Waals surface area contributed by atoms with Gasteiger partial charge in [-0.1, -0.05) is 20.8 Å². The number of carbonyl (C=O) groups is 1. The monoisotopic (exact) mass is 458 g/mol. The fourth-order valence-electron chi connectivity index (χ4n) is 6.24. The molecular weight excluding hydrogens is 416 g/mol. The Morgan fingerprint density at radius 3 is 2.64 bits per heavy atom. The number of hydrogen-bond donors (Lipinski definition) is 1. The molecule has 0 aromatic heterocycles. The summed E-state index contributed by atoms with van der Waals surface area (Å²) in [6.45, 7) is 11.2. The molecule has 0 amide bonds. The van der Waals surface area contributed by atoms with Gasteiger partial charge < -0.3 is 19.5 Å². The molecule has 6 heteroatoms. The molecule has 3 aliphatic heterocycles. The second-order valence-electron chi connectivity index (χ2n) is 10.8. The minimum atomic E-state index is 0.00479. The zero-order chi connectivity index (χ0) is 23.5. The van der Waals surface area contributed by atoms with Gasteiger partial charge in [-0.05, 0) is 85.7 Å². The number of ether oxygens (including phenoxy) is 3. The van der Waals surface area contributed by atoms with Crippen LogP contribution in [0.1, 0.15) is 57.2 Å². The number of hydrogen-bond acceptors (Lipinski definition) is 6. The highest BCUT2D eigenvalue weighted by Crippen LogP contribution is 2.45. The van der Waals surface area contributed by atoms with Crippen LogP contribution in [0.3, 0.4) is 0 Å². The number of benzene rings is 1. The maximum atomic E-state index is 12.9. The van der Waals surface area contributed by atoms with Crippen molar-refractivity contribution in [2.24, 2.45) is 29.6 Å². The SMILES string of the molecule is COc1cc2c(cc1OC)C1CC(COC(=O)C3CCNCC3C)C(CC(C)C)CN1CC2. The van der Waals surface area contributed by atoms with Gasteiger partial charge in [-0.2, -0.15) is 0 Å². The van der Waals surface area contributed by atoms with Crippen molar-refractivity contribution >= 4 is 5.97 Å². The van der Waals surface area contributed by atoms with E-state index in [9.17, 15) is 4.79 Å². The van der Waals surface area contributed by atoms with Gasteiger partial charge in [-0.25, -0.2) is 0 Å². The van der Waals surface area contributed by atoms with Crippen molar-refractivity contribution in [2.45, 2.75) is 52.5 Å². The predicted octanol–water partition coefficient (Wildman–Crippen LogP) is 4.07. The molecule has 0 aliphatic carbocycles. The van der Waals surface area contributed by atoms with Crippen molar-refractivity contribution in [3.05, 3.63) is 23.3 Å². The number of nitrogens with one attached hydrogen (secondary N) is 1. The van der Waals surface area contributed by atoms with Crippen molar-refractivity contribution in [3.8, 4) is 11.5 Å². The maximum Gasteiger partial charge on any atom is 0.309 e. The van der Waals surface area contributed by atoms with Crippen LogP contribution in [0.15, 0.2) is 12.1 Å². The molecule has 3 heterocycles. The van der Waals surface area contributed by atoms with Gasteiger partial charge in [-0.3, -0.25) is 9.69 Å². The van der Waals surface area contributed by atoms with Gasteiger partial charge in [0.25, 0.3) is 0 Å². The summed E-state index contributed by atoms with van der Waals surface area (Å²) in [4.78, 5) is 15.6. The summed E-state index contributed by atoms with van der Waals surface area (Å²) in [6, 6.07) is 4.67. The second-order valence-corrected chi connectivity index (χ2v) is 10.8. The van der Waals surface area contributed by atoms with E-state index in [0.29, 0.717) is 36.3 Å². The van der Waals surface area contributed by atoms with Crippen LogP contribution in [-0.2, 0) is 16.0 Å². The Morgan fingerprint density at radius 2 is 1.94 bits per heavy atom. The Morgan fingerprint density at radius 1 is 1.18 bits per heavy atom. The summed E-state index contributed by atoms with van der Waals surface area (Å²) in [6.07, 6.45) is 4.11. The highest BCUT2D eigenvalue weighted by Gasteiger charge is 2.40. The van der Waals surface area contributed by atoms with Gasteiger partial charge in [0.2, 0.25) is 0 Å². The molecule has 2 fully saturated rings. The zero-order valence-electron chi connectivity index (χ0n) is 21.1. The number of nitrogens with zero attached hydrogens (tertiary/aromatic N) is 1. The minimum Gasteiger partial charge on any atom is -0.493 e. The lowest BCUT2D eigenvalue weighted by Crippen LogP contribution is -2.47. The molecule has 6 nitrogen and oxygen atoms in total.